The van der Waals surface area contributed by atoms with E-state index in [4.69, 9.17) is 11.6 Å². The van der Waals surface area contributed by atoms with Crippen molar-refractivity contribution in [2.45, 2.75) is 13.5 Å². The normalized spacial score (nSPS) is 10.3. The Morgan fingerprint density at radius 1 is 1.16 bits per heavy atom. The Balaban J connectivity index is 2.08. The molecule has 1 aromatic carbocycles. The number of anilines is 2. The third-order valence-electron chi connectivity index (χ3n) is 2.82. The summed E-state index contributed by atoms with van der Waals surface area (Å²) in [5, 5.41) is 3.98. The highest BCUT2D eigenvalue weighted by Gasteiger charge is 2.04. The zero-order chi connectivity index (χ0) is 13.7. The van der Waals surface area contributed by atoms with Gasteiger partial charge in [-0.1, -0.05) is 29.8 Å². The van der Waals surface area contributed by atoms with Crippen molar-refractivity contribution in [3.63, 3.8) is 0 Å². The lowest BCUT2D eigenvalue weighted by molar-refractivity contribution is 0.897. The molecule has 2 rings (SSSR count). The Hall–Kier alpha value is -1.74. The zero-order valence-electron chi connectivity index (χ0n) is 11.2. The predicted molar refractivity (Wildman–Crippen MR) is 82.0 cm³/mol. The SMILES string of the molecule is CCNc1cccc(N(C)Cc2ccc(Cl)cc2)n1. The maximum atomic E-state index is 5.89. The second-order valence-electron chi connectivity index (χ2n) is 4.39. The van der Waals surface area contributed by atoms with Gasteiger partial charge >= 0.3 is 0 Å². The van der Waals surface area contributed by atoms with E-state index in [2.05, 4.69) is 22.1 Å². The van der Waals surface area contributed by atoms with E-state index in [1.807, 2.05) is 49.5 Å². The summed E-state index contributed by atoms with van der Waals surface area (Å²) in [5.41, 5.74) is 1.21. The summed E-state index contributed by atoms with van der Waals surface area (Å²) in [6.07, 6.45) is 0. The predicted octanol–water partition coefficient (Wildman–Crippen LogP) is 3.80. The Bertz CT molecular complexity index is 525. The lowest BCUT2D eigenvalue weighted by atomic mass is 10.2. The van der Waals surface area contributed by atoms with Gasteiger partial charge in [-0.3, -0.25) is 0 Å². The van der Waals surface area contributed by atoms with Crippen LogP contribution in [0.15, 0.2) is 42.5 Å². The molecule has 0 unspecified atom stereocenters. The fraction of sp³-hybridized carbons (Fsp3) is 0.267. The summed E-state index contributed by atoms with van der Waals surface area (Å²) >= 11 is 5.89. The van der Waals surface area contributed by atoms with E-state index in [1.165, 1.54) is 5.56 Å². The highest BCUT2D eigenvalue weighted by molar-refractivity contribution is 6.30. The van der Waals surface area contributed by atoms with Crippen LogP contribution in [0.3, 0.4) is 0 Å². The van der Waals surface area contributed by atoms with Crippen molar-refractivity contribution in [2.24, 2.45) is 0 Å². The van der Waals surface area contributed by atoms with Crippen LogP contribution in [0.25, 0.3) is 0 Å². The molecule has 2 aromatic rings. The number of benzene rings is 1. The van der Waals surface area contributed by atoms with Gasteiger partial charge in [0.05, 0.1) is 0 Å². The summed E-state index contributed by atoms with van der Waals surface area (Å²) in [4.78, 5) is 6.68. The van der Waals surface area contributed by atoms with Crippen LogP contribution in [-0.4, -0.2) is 18.6 Å². The molecule has 0 aliphatic heterocycles. The summed E-state index contributed by atoms with van der Waals surface area (Å²) in [7, 11) is 2.03. The number of halogens is 1. The van der Waals surface area contributed by atoms with Crippen molar-refractivity contribution in [3.8, 4) is 0 Å². The van der Waals surface area contributed by atoms with Crippen molar-refractivity contribution < 1.29 is 0 Å². The summed E-state index contributed by atoms with van der Waals surface area (Å²) < 4.78 is 0. The van der Waals surface area contributed by atoms with Gasteiger partial charge in [0, 0.05) is 25.2 Å². The third-order valence-corrected chi connectivity index (χ3v) is 3.07. The average molecular weight is 276 g/mol. The highest BCUT2D eigenvalue weighted by Crippen LogP contribution is 2.16. The maximum absolute atomic E-state index is 5.89. The number of hydrogen-bond donors (Lipinski definition) is 1. The summed E-state index contributed by atoms with van der Waals surface area (Å²) in [5.74, 6) is 1.86. The van der Waals surface area contributed by atoms with Gasteiger partial charge in [0.25, 0.3) is 0 Å². The minimum Gasteiger partial charge on any atom is -0.370 e. The number of pyridine rings is 1. The summed E-state index contributed by atoms with van der Waals surface area (Å²) in [6, 6.07) is 13.9. The van der Waals surface area contributed by atoms with Gasteiger partial charge in [-0.15, -0.1) is 0 Å². The quantitative estimate of drug-likeness (QED) is 0.900. The zero-order valence-corrected chi connectivity index (χ0v) is 12.0. The molecule has 1 N–H and O–H groups in total. The van der Waals surface area contributed by atoms with Crippen LogP contribution in [0, 0.1) is 0 Å². The van der Waals surface area contributed by atoms with Crippen LogP contribution in [0.2, 0.25) is 5.02 Å². The lowest BCUT2D eigenvalue weighted by Gasteiger charge is -2.19. The highest BCUT2D eigenvalue weighted by atomic mass is 35.5. The standard InChI is InChI=1S/C15H18ClN3/c1-3-17-14-5-4-6-15(18-14)19(2)11-12-7-9-13(16)10-8-12/h4-10H,3,11H2,1-2H3,(H,17,18). The molecule has 1 heterocycles. The van der Waals surface area contributed by atoms with Crippen molar-refractivity contribution in [3.05, 3.63) is 53.1 Å². The molecule has 0 saturated carbocycles. The molecule has 4 heteroatoms. The van der Waals surface area contributed by atoms with Gasteiger partial charge in [0.1, 0.15) is 11.6 Å². The van der Waals surface area contributed by atoms with Crippen molar-refractivity contribution >= 4 is 23.2 Å². The average Bonchev–Trinajstić information content (AvgIpc) is 2.42. The number of hydrogen-bond acceptors (Lipinski definition) is 3. The minimum absolute atomic E-state index is 0.763. The van der Waals surface area contributed by atoms with Crippen molar-refractivity contribution in [2.75, 3.05) is 23.8 Å². The molecule has 0 aliphatic carbocycles. The van der Waals surface area contributed by atoms with Crippen LogP contribution in [0.4, 0.5) is 11.6 Å². The van der Waals surface area contributed by atoms with E-state index < -0.39 is 0 Å². The van der Waals surface area contributed by atoms with E-state index in [1.54, 1.807) is 0 Å². The first-order chi connectivity index (χ1) is 9.19. The molecule has 0 spiro atoms. The smallest absolute Gasteiger partial charge is 0.130 e. The van der Waals surface area contributed by atoms with Crippen LogP contribution in [0.1, 0.15) is 12.5 Å². The van der Waals surface area contributed by atoms with Crippen molar-refractivity contribution in [1.29, 1.82) is 0 Å². The second kappa shape index (κ2) is 6.43. The lowest BCUT2D eigenvalue weighted by Crippen LogP contribution is -2.18. The van der Waals surface area contributed by atoms with Gasteiger partial charge in [-0.25, -0.2) is 4.98 Å². The van der Waals surface area contributed by atoms with E-state index in [0.29, 0.717) is 0 Å². The van der Waals surface area contributed by atoms with Gasteiger partial charge in [0.15, 0.2) is 0 Å². The van der Waals surface area contributed by atoms with Crippen LogP contribution in [-0.2, 0) is 6.54 Å². The molecule has 0 saturated heterocycles. The molecule has 19 heavy (non-hydrogen) atoms. The van der Waals surface area contributed by atoms with Crippen LogP contribution >= 0.6 is 11.6 Å². The Labute approximate surface area is 119 Å². The molecule has 0 amide bonds. The Morgan fingerprint density at radius 2 is 1.89 bits per heavy atom. The fourth-order valence-electron chi connectivity index (χ4n) is 1.86. The van der Waals surface area contributed by atoms with E-state index in [9.17, 15) is 0 Å². The third kappa shape index (κ3) is 3.86. The van der Waals surface area contributed by atoms with E-state index in [0.717, 1.165) is 29.7 Å². The fourth-order valence-corrected chi connectivity index (χ4v) is 1.99. The van der Waals surface area contributed by atoms with Crippen LogP contribution < -0.4 is 10.2 Å². The molecule has 0 fully saturated rings. The Kier molecular flexibility index (Phi) is 4.63. The maximum Gasteiger partial charge on any atom is 0.130 e. The molecule has 100 valence electrons. The molecule has 1 aromatic heterocycles. The summed E-state index contributed by atoms with van der Waals surface area (Å²) in [6.45, 7) is 3.74. The van der Waals surface area contributed by atoms with Gasteiger partial charge < -0.3 is 10.2 Å². The first kappa shape index (κ1) is 13.7. The second-order valence-corrected chi connectivity index (χ2v) is 4.83. The molecular weight excluding hydrogens is 258 g/mol. The molecule has 0 radical (unpaired) electrons. The van der Waals surface area contributed by atoms with Gasteiger partial charge in [-0.05, 0) is 36.8 Å². The molecule has 0 bridgehead atoms. The minimum atomic E-state index is 0.763. The molecule has 0 atom stereocenters. The topological polar surface area (TPSA) is 28.2 Å². The number of rotatable bonds is 5. The molecular formula is C15H18ClN3. The van der Waals surface area contributed by atoms with E-state index >= 15 is 0 Å². The number of nitrogens with zero attached hydrogens (tertiary/aromatic N) is 2. The van der Waals surface area contributed by atoms with Crippen molar-refractivity contribution in [1.82, 2.24) is 4.98 Å². The largest absolute Gasteiger partial charge is 0.370 e. The Morgan fingerprint density at radius 3 is 2.58 bits per heavy atom. The van der Waals surface area contributed by atoms with Crippen LogP contribution in [0.5, 0.6) is 0 Å². The number of nitrogens with one attached hydrogen (secondary N) is 1. The molecule has 3 nitrogen and oxygen atoms in total. The van der Waals surface area contributed by atoms with E-state index in [-0.39, 0.29) is 0 Å². The first-order valence-electron chi connectivity index (χ1n) is 6.35. The number of aromatic nitrogens is 1. The van der Waals surface area contributed by atoms with Gasteiger partial charge in [-0.2, -0.15) is 0 Å². The van der Waals surface area contributed by atoms with Gasteiger partial charge in [0.2, 0.25) is 0 Å². The first-order valence-corrected chi connectivity index (χ1v) is 6.73. The molecule has 0 aliphatic rings. The monoisotopic (exact) mass is 275 g/mol.